The van der Waals surface area contributed by atoms with Gasteiger partial charge in [-0.05, 0) is 48.1 Å². The number of amides is 1. The molecule has 140 valence electrons. The Bertz CT molecular complexity index is 950. The number of hydrogen-bond donors (Lipinski definition) is 1. The molecule has 1 amide bonds. The topological polar surface area (TPSA) is 68.0 Å². The Morgan fingerprint density at radius 2 is 1.74 bits per heavy atom. The molecule has 3 aromatic rings. The summed E-state index contributed by atoms with van der Waals surface area (Å²) in [7, 11) is 0. The van der Waals surface area contributed by atoms with E-state index in [4.69, 9.17) is 4.52 Å². The lowest BCUT2D eigenvalue weighted by Crippen LogP contribution is -2.23. The van der Waals surface area contributed by atoms with Crippen LogP contribution in [0.1, 0.15) is 53.7 Å². The van der Waals surface area contributed by atoms with Gasteiger partial charge in [0.1, 0.15) is 0 Å². The number of benzene rings is 2. The maximum atomic E-state index is 12.3. The van der Waals surface area contributed by atoms with Crippen LogP contribution in [0, 0.1) is 13.8 Å². The zero-order chi connectivity index (χ0) is 19.6. The van der Waals surface area contributed by atoms with Crippen molar-refractivity contribution in [2.75, 3.05) is 0 Å². The fraction of sp³-hybridized carbons (Fsp3) is 0.318. The molecule has 5 heteroatoms. The summed E-state index contributed by atoms with van der Waals surface area (Å²) in [6, 6.07) is 13.8. The van der Waals surface area contributed by atoms with E-state index in [1.807, 2.05) is 44.2 Å². The van der Waals surface area contributed by atoms with Crippen LogP contribution >= 0.6 is 0 Å². The number of nitrogens with zero attached hydrogens (tertiary/aromatic N) is 2. The molecule has 2 aromatic carbocycles. The number of hydrogen-bond acceptors (Lipinski definition) is 4. The van der Waals surface area contributed by atoms with Gasteiger partial charge in [-0.15, -0.1) is 0 Å². The van der Waals surface area contributed by atoms with Gasteiger partial charge in [-0.3, -0.25) is 4.79 Å². The molecule has 0 fully saturated rings. The van der Waals surface area contributed by atoms with Crippen molar-refractivity contribution in [3.05, 3.63) is 70.6 Å². The average molecular weight is 363 g/mol. The van der Waals surface area contributed by atoms with Crippen molar-refractivity contribution in [3.8, 4) is 11.4 Å². The molecule has 1 aromatic heterocycles. The van der Waals surface area contributed by atoms with Gasteiger partial charge in [-0.25, -0.2) is 0 Å². The van der Waals surface area contributed by atoms with Gasteiger partial charge in [0.05, 0.1) is 6.54 Å². The van der Waals surface area contributed by atoms with Gasteiger partial charge in [-0.1, -0.05) is 56.3 Å². The van der Waals surface area contributed by atoms with Crippen LogP contribution in [0.25, 0.3) is 11.4 Å². The van der Waals surface area contributed by atoms with E-state index in [1.165, 1.54) is 5.56 Å². The molecule has 3 rings (SSSR count). The normalized spacial score (nSPS) is 11.4. The number of aromatic nitrogens is 2. The number of carbonyl (C=O) groups excluding carboxylic acids is 1. The maximum absolute atomic E-state index is 12.3. The standard InChI is InChI=1S/C22H25N3O2/c1-14-6-7-17(12-15(14)2)21(26)23-13-19-24-20(25-27-19)16-8-10-18(11-9-16)22(3,4)5/h6-12H,13H2,1-5H3,(H,23,26). The van der Waals surface area contributed by atoms with E-state index < -0.39 is 0 Å². The lowest BCUT2D eigenvalue weighted by molar-refractivity contribution is 0.0946. The van der Waals surface area contributed by atoms with Gasteiger partial charge >= 0.3 is 0 Å². The molecule has 1 N–H and O–H groups in total. The summed E-state index contributed by atoms with van der Waals surface area (Å²) < 4.78 is 5.27. The zero-order valence-electron chi connectivity index (χ0n) is 16.5. The summed E-state index contributed by atoms with van der Waals surface area (Å²) in [6.07, 6.45) is 0. The molecule has 5 nitrogen and oxygen atoms in total. The second-order valence-corrected chi connectivity index (χ2v) is 7.82. The molecule has 27 heavy (non-hydrogen) atoms. The number of rotatable bonds is 4. The van der Waals surface area contributed by atoms with Crippen molar-refractivity contribution >= 4 is 5.91 Å². The van der Waals surface area contributed by atoms with Crippen LogP contribution in [-0.4, -0.2) is 16.0 Å². The number of carbonyl (C=O) groups is 1. The molecule has 0 aliphatic rings. The van der Waals surface area contributed by atoms with Crippen molar-refractivity contribution in [3.63, 3.8) is 0 Å². The molecular weight excluding hydrogens is 338 g/mol. The predicted molar refractivity (Wildman–Crippen MR) is 106 cm³/mol. The highest BCUT2D eigenvalue weighted by Gasteiger charge is 2.15. The minimum absolute atomic E-state index is 0.0968. The van der Waals surface area contributed by atoms with Gasteiger partial charge in [0.25, 0.3) is 5.91 Å². The average Bonchev–Trinajstić information content (AvgIpc) is 3.10. The second kappa shape index (κ2) is 7.35. The van der Waals surface area contributed by atoms with E-state index in [0.29, 0.717) is 17.3 Å². The first kappa shape index (κ1) is 18.8. The zero-order valence-corrected chi connectivity index (χ0v) is 16.5. The first-order valence-electron chi connectivity index (χ1n) is 9.03. The summed E-state index contributed by atoms with van der Waals surface area (Å²) in [5.74, 6) is 0.736. The Hall–Kier alpha value is -2.95. The Kier molecular flexibility index (Phi) is 5.13. The highest BCUT2D eigenvalue weighted by atomic mass is 16.5. The summed E-state index contributed by atoms with van der Waals surface area (Å²) in [5, 5.41) is 6.84. The molecule has 0 aliphatic heterocycles. The predicted octanol–water partition coefficient (Wildman–Crippen LogP) is 4.58. The highest BCUT2D eigenvalue weighted by Crippen LogP contribution is 2.25. The lowest BCUT2D eigenvalue weighted by Gasteiger charge is -2.18. The van der Waals surface area contributed by atoms with Crippen LogP contribution < -0.4 is 5.32 Å². The van der Waals surface area contributed by atoms with E-state index in [0.717, 1.165) is 16.7 Å². The summed E-state index contributed by atoms with van der Waals surface area (Å²) in [4.78, 5) is 16.7. The minimum atomic E-state index is -0.160. The van der Waals surface area contributed by atoms with Crippen LogP contribution in [-0.2, 0) is 12.0 Å². The van der Waals surface area contributed by atoms with E-state index >= 15 is 0 Å². The molecule has 0 bridgehead atoms. The molecule has 0 radical (unpaired) electrons. The third-order valence-corrected chi connectivity index (χ3v) is 4.65. The summed E-state index contributed by atoms with van der Waals surface area (Å²) in [5.41, 5.74) is 5.09. The minimum Gasteiger partial charge on any atom is -0.343 e. The first-order chi connectivity index (χ1) is 12.7. The molecule has 0 saturated carbocycles. The maximum Gasteiger partial charge on any atom is 0.251 e. The van der Waals surface area contributed by atoms with Gasteiger partial charge in [0.15, 0.2) is 0 Å². The number of aryl methyl sites for hydroxylation is 2. The molecule has 0 unspecified atom stereocenters. The van der Waals surface area contributed by atoms with E-state index in [-0.39, 0.29) is 17.9 Å². The molecule has 1 heterocycles. The van der Waals surface area contributed by atoms with Crippen LogP contribution in [0.4, 0.5) is 0 Å². The Labute approximate surface area is 159 Å². The van der Waals surface area contributed by atoms with Gasteiger partial charge in [-0.2, -0.15) is 4.98 Å². The van der Waals surface area contributed by atoms with Gasteiger partial charge in [0.2, 0.25) is 11.7 Å². The second-order valence-electron chi connectivity index (χ2n) is 7.82. The third kappa shape index (κ3) is 4.42. The van der Waals surface area contributed by atoms with E-state index in [2.05, 4.69) is 48.4 Å². The smallest absolute Gasteiger partial charge is 0.251 e. The quantitative estimate of drug-likeness (QED) is 0.737. The molecule has 0 aliphatic carbocycles. The van der Waals surface area contributed by atoms with Crippen LogP contribution in [0.2, 0.25) is 0 Å². The number of nitrogens with one attached hydrogen (secondary N) is 1. The van der Waals surface area contributed by atoms with E-state index in [9.17, 15) is 4.79 Å². The largest absolute Gasteiger partial charge is 0.343 e. The van der Waals surface area contributed by atoms with E-state index in [1.54, 1.807) is 0 Å². The van der Waals surface area contributed by atoms with Crippen molar-refractivity contribution in [2.45, 2.75) is 46.6 Å². The van der Waals surface area contributed by atoms with Crippen molar-refractivity contribution in [1.82, 2.24) is 15.5 Å². The lowest BCUT2D eigenvalue weighted by atomic mass is 9.87. The molecule has 0 spiro atoms. The molecule has 0 saturated heterocycles. The first-order valence-corrected chi connectivity index (χ1v) is 9.03. The molecular formula is C22H25N3O2. The molecule has 0 atom stereocenters. The Balaban J connectivity index is 1.65. The fourth-order valence-electron chi connectivity index (χ4n) is 2.70. The summed E-state index contributed by atoms with van der Waals surface area (Å²) >= 11 is 0. The Morgan fingerprint density at radius 3 is 2.37 bits per heavy atom. The summed E-state index contributed by atoms with van der Waals surface area (Å²) in [6.45, 7) is 10.7. The fourth-order valence-corrected chi connectivity index (χ4v) is 2.70. The van der Waals surface area contributed by atoms with Crippen molar-refractivity contribution < 1.29 is 9.32 Å². The van der Waals surface area contributed by atoms with Crippen LogP contribution in [0.15, 0.2) is 47.0 Å². The van der Waals surface area contributed by atoms with Crippen LogP contribution in [0.5, 0.6) is 0 Å². The van der Waals surface area contributed by atoms with Crippen molar-refractivity contribution in [2.24, 2.45) is 0 Å². The highest BCUT2D eigenvalue weighted by molar-refractivity contribution is 5.94. The van der Waals surface area contributed by atoms with Gasteiger partial charge in [0, 0.05) is 11.1 Å². The van der Waals surface area contributed by atoms with Gasteiger partial charge < -0.3 is 9.84 Å². The Morgan fingerprint density at radius 1 is 1.04 bits per heavy atom. The van der Waals surface area contributed by atoms with Crippen LogP contribution in [0.3, 0.4) is 0 Å². The SMILES string of the molecule is Cc1ccc(C(=O)NCc2nc(-c3ccc(C(C)(C)C)cc3)no2)cc1C. The monoisotopic (exact) mass is 363 g/mol. The third-order valence-electron chi connectivity index (χ3n) is 4.65. The van der Waals surface area contributed by atoms with Crippen molar-refractivity contribution in [1.29, 1.82) is 0 Å².